The molecular formula is C12H17N3O2. The quantitative estimate of drug-likeness (QED) is 0.782. The fourth-order valence-corrected chi connectivity index (χ4v) is 2.72. The van der Waals surface area contributed by atoms with Crippen LogP contribution < -0.4 is 5.32 Å². The molecule has 2 unspecified atom stereocenters. The highest BCUT2D eigenvalue weighted by atomic mass is 16.5. The molecule has 3 fully saturated rings. The predicted octanol–water partition coefficient (Wildman–Crippen LogP) is 0.807. The molecule has 2 atom stereocenters. The third kappa shape index (κ3) is 2.07. The summed E-state index contributed by atoms with van der Waals surface area (Å²) in [4.78, 5) is 14.2. The molecule has 5 nitrogen and oxygen atoms in total. The van der Waals surface area contributed by atoms with Crippen LogP contribution in [0.2, 0.25) is 0 Å². The van der Waals surface area contributed by atoms with E-state index in [2.05, 4.69) is 10.5 Å². The summed E-state index contributed by atoms with van der Waals surface area (Å²) in [6, 6.07) is 2.16. The fraction of sp³-hybridized carbons (Fsp3) is 0.667. The Bertz CT molecular complexity index is 407. The minimum atomic E-state index is -0.0220. The van der Waals surface area contributed by atoms with Crippen molar-refractivity contribution in [1.29, 1.82) is 0 Å². The van der Waals surface area contributed by atoms with Crippen molar-refractivity contribution in [2.45, 2.75) is 25.8 Å². The van der Waals surface area contributed by atoms with E-state index in [9.17, 15) is 4.79 Å². The molecule has 1 aromatic heterocycles. The second-order valence-electron chi connectivity index (χ2n) is 5.09. The Kier molecular flexibility index (Phi) is 2.63. The Morgan fingerprint density at radius 2 is 2.41 bits per heavy atom. The Labute approximate surface area is 100 Å². The number of piperidine rings is 1. The van der Waals surface area contributed by atoms with Crippen molar-refractivity contribution in [2.75, 3.05) is 19.6 Å². The summed E-state index contributed by atoms with van der Waals surface area (Å²) in [7, 11) is 0. The minimum Gasteiger partial charge on any atom is -0.351 e. The van der Waals surface area contributed by atoms with E-state index >= 15 is 0 Å². The summed E-state index contributed by atoms with van der Waals surface area (Å²) in [6.45, 7) is 4.48. The number of rotatable bonds is 1. The van der Waals surface area contributed by atoms with Crippen molar-refractivity contribution in [3.63, 3.8) is 0 Å². The minimum absolute atomic E-state index is 0.0220. The number of amides is 1. The molecule has 0 spiro atoms. The summed E-state index contributed by atoms with van der Waals surface area (Å²) in [6.07, 6.45) is 2.39. The molecule has 3 saturated heterocycles. The van der Waals surface area contributed by atoms with Gasteiger partial charge in [0, 0.05) is 25.2 Å². The van der Waals surface area contributed by atoms with Crippen LogP contribution in [0, 0.1) is 12.8 Å². The number of aryl methyl sites for hydroxylation is 1. The molecule has 1 N–H and O–H groups in total. The Morgan fingerprint density at radius 3 is 3.06 bits per heavy atom. The molecule has 1 aromatic rings. The van der Waals surface area contributed by atoms with Crippen LogP contribution in [-0.2, 0) is 0 Å². The highest BCUT2D eigenvalue weighted by Crippen LogP contribution is 2.22. The molecule has 5 heteroatoms. The molecular weight excluding hydrogens is 218 g/mol. The lowest BCUT2D eigenvalue weighted by atomic mass is 9.97. The summed E-state index contributed by atoms with van der Waals surface area (Å²) in [5.41, 5.74) is 0.754. The first-order valence-corrected chi connectivity index (χ1v) is 6.18. The van der Waals surface area contributed by atoms with Gasteiger partial charge in [-0.25, -0.2) is 0 Å². The molecule has 17 heavy (non-hydrogen) atoms. The zero-order valence-corrected chi connectivity index (χ0v) is 9.98. The van der Waals surface area contributed by atoms with E-state index in [0.29, 0.717) is 17.7 Å². The summed E-state index contributed by atoms with van der Waals surface area (Å²) in [5.74, 6) is 0.928. The molecule has 2 bridgehead atoms. The number of carbonyl (C=O) groups is 1. The second kappa shape index (κ2) is 4.14. The molecule has 4 heterocycles. The molecule has 0 aliphatic carbocycles. The average Bonchev–Trinajstić information content (AvgIpc) is 2.58. The molecule has 0 radical (unpaired) electrons. The van der Waals surface area contributed by atoms with E-state index in [1.54, 1.807) is 6.07 Å². The van der Waals surface area contributed by atoms with Crippen LogP contribution in [-0.4, -0.2) is 41.6 Å². The molecule has 1 amide bonds. The number of hydrogen-bond donors (Lipinski definition) is 1. The third-order valence-electron chi connectivity index (χ3n) is 3.66. The van der Waals surface area contributed by atoms with Crippen LogP contribution >= 0.6 is 0 Å². The molecule has 3 aliphatic heterocycles. The zero-order valence-electron chi connectivity index (χ0n) is 9.98. The van der Waals surface area contributed by atoms with E-state index in [0.717, 1.165) is 25.3 Å². The summed E-state index contributed by atoms with van der Waals surface area (Å²) >= 11 is 0. The van der Waals surface area contributed by atoms with Crippen molar-refractivity contribution in [2.24, 2.45) is 5.92 Å². The number of nitrogens with one attached hydrogen (secondary N) is 1. The van der Waals surface area contributed by atoms with Gasteiger partial charge in [0.05, 0.1) is 5.69 Å². The van der Waals surface area contributed by atoms with Crippen molar-refractivity contribution in [3.05, 3.63) is 17.5 Å². The van der Waals surface area contributed by atoms with Gasteiger partial charge in [0.1, 0.15) is 0 Å². The smallest absolute Gasteiger partial charge is 0.292 e. The van der Waals surface area contributed by atoms with Gasteiger partial charge in [-0.15, -0.1) is 0 Å². The Morgan fingerprint density at radius 1 is 1.53 bits per heavy atom. The Balaban J connectivity index is 1.78. The van der Waals surface area contributed by atoms with E-state index in [1.807, 2.05) is 11.8 Å². The number of nitrogens with zero attached hydrogens (tertiary/aromatic N) is 2. The van der Waals surface area contributed by atoms with Crippen molar-refractivity contribution < 1.29 is 9.32 Å². The number of hydrogen-bond acceptors (Lipinski definition) is 4. The first-order valence-electron chi connectivity index (χ1n) is 6.18. The average molecular weight is 235 g/mol. The van der Waals surface area contributed by atoms with Gasteiger partial charge < -0.3 is 14.7 Å². The van der Waals surface area contributed by atoms with Crippen molar-refractivity contribution >= 4 is 5.91 Å². The highest BCUT2D eigenvalue weighted by molar-refractivity contribution is 5.91. The van der Waals surface area contributed by atoms with E-state index in [-0.39, 0.29) is 5.91 Å². The standard InChI is InChI=1S/C12H17N3O2/c1-8-4-11(17-14-8)12(16)15-6-9-2-3-10(7-15)13-5-9/h4,9-10,13H,2-3,5-7H2,1H3. The summed E-state index contributed by atoms with van der Waals surface area (Å²) in [5, 5.41) is 7.25. The van der Waals surface area contributed by atoms with Crippen LogP contribution in [0.1, 0.15) is 29.1 Å². The van der Waals surface area contributed by atoms with Crippen LogP contribution in [0.3, 0.4) is 0 Å². The van der Waals surface area contributed by atoms with Gasteiger partial charge in [-0.2, -0.15) is 0 Å². The third-order valence-corrected chi connectivity index (χ3v) is 3.66. The van der Waals surface area contributed by atoms with Gasteiger partial charge in [0.15, 0.2) is 0 Å². The normalized spacial score (nSPS) is 28.2. The van der Waals surface area contributed by atoms with Gasteiger partial charge in [-0.3, -0.25) is 4.79 Å². The SMILES string of the molecule is Cc1cc(C(=O)N2CC3CCC(C2)NC3)on1. The lowest BCUT2D eigenvalue weighted by Crippen LogP contribution is -2.40. The number of aromatic nitrogens is 1. The van der Waals surface area contributed by atoms with E-state index in [1.165, 1.54) is 12.8 Å². The number of fused-ring (bicyclic) bond motifs is 4. The lowest BCUT2D eigenvalue weighted by molar-refractivity contribution is 0.0706. The maximum atomic E-state index is 12.2. The van der Waals surface area contributed by atoms with Crippen LogP contribution in [0.15, 0.2) is 10.6 Å². The topological polar surface area (TPSA) is 58.4 Å². The van der Waals surface area contributed by atoms with Crippen LogP contribution in [0.5, 0.6) is 0 Å². The largest absolute Gasteiger partial charge is 0.351 e. The fourth-order valence-electron chi connectivity index (χ4n) is 2.72. The monoisotopic (exact) mass is 235 g/mol. The van der Waals surface area contributed by atoms with Gasteiger partial charge >= 0.3 is 0 Å². The number of carbonyl (C=O) groups excluding carboxylic acids is 1. The molecule has 0 aromatic carbocycles. The first kappa shape index (κ1) is 10.8. The van der Waals surface area contributed by atoms with Gasteiger partial charge in [0.25, 0.3) is 5.91 Å². The van der Waals surface area contributed by atoms with Gasteiger partial charge in [-0.05, 0) is 32.2 Å². The van der Waals surface area contributed by atoms with Crippen LogP contribution in [0.25, 0.3) is 0 Å². The first-order chi connectivity index (χ1) is 8.22. The van der Waals surface area contributed by atoms with Crippen molar-refractivity contribution in [1.82, 2.24) is 15.4 Å². The highest BCUT2D eigenvalue weighted by Gasteiger charge is 2.32. The maximum Gasteiger partial charge on any atom is 0.292 e. The van der Waals surface area contributed by atoms with Gasteiger partial charge in [0.2, 0.25) is 5.76 Å². The predicted molar refractivity (Wildman–Crippen MR) is 61.7 cm³/mol. The van der Waals surface area contributed by atoms with Crippen LogP contribution in [0.4, 0.5) is 0 Å². The van der Waals surface area contributed by atoms with E-state index in [4.69, 9.17) is 4.52 Å². The van der Waals surface area contributed by atoms with Crippen molar-refractivity contribution in [3.8, 4) is 0 Å². The van der Waals surface area contributed by atoms with E-state index < -0.39 is 0 Å². The Hall–Kier alpha value is -1.36. The molecule has 92 valence electrons. The maximum absolute atomic E-state index is 12.2. The second-order valence-corrected chi connectivity index (χ2v) is 5.09. The molecule has 3 aliphatic rings. The molecule has 4 rings (SSSR count). The zero-order chi connectivity index (χ0) is 11.8. The summed E-state index contributed by atoms with van der Waals surface area (Å²) < 4.78 is 5.05. The van der Waals surface area contributed by atoms with Gasteiger partial charge in [-0.1, -0.05) is 5.16 Å². The lowest BCUT2D eigenvalue weighted by Gasteiger charge is -2.22. The molecule has 0 saturated carbocycles.